The van der Waals surface area contributed by atoms with E-state index in [2.05, 4.69) is 21.2 Å². The number of amides is 1. The fourth-order valence-corrected chi connectivity index (χ4v) is 3.45. The number of esters is 1. The normalized spacial score (nSPS) is 10.4. The lowest BCUT2D eigenvalue weighted by atomic mass is 10.1. The first-order chi connectivity index (χ1) is 14.3. The highest BCUT2D eigenvalue weighted by Crippen LogP contribution is 2.25. The van der Waals surface area contributed by atoms with Crippen LogP contribution in [0.1, 0.15) is 27.0 Å². The third-order valence-corrected chi connectivity index (χ3v) is 5.03. The summed E-state index contributed by atoms with van der Waals surface area (Å²) < 4.78 is 11.5. The van der Waals surface area contributed by atoms with Gasteiger partial charge < -0.3 is 14.8 Å². The second kappa shape index (κ2) is 9.59. The van der Waals surface area contributed by atoms with Crippen molar-refractivity contribution in [3.05, 3.63) is 87.4 Å². The van der Waals surface area contributed by atoms with Gasteiger partial charge in [-0.25, -0.2) is 4.79 Å². The van der Waals surface area contributed by atoms with Crippen molar-refractivity contribution >= 4 is 33.5 Å². The van der Waals surface area contributed by atoms with Gasteiger partial charge in [0.2, 0.25) is 0 Å². The fraction of sp³-hybridized carbons (Fsp3) is 0.167. The van der Waals surface area contributed by atoms with E-state index in [4.69, 9.17) is 9.47 Å². The summed E-state index contributed by atoms with van der Waals surface area (Å²) in [4.78, 5) is 24.5. The second-order valence-corrected chi connectivity index (χ2v) is 7.85. The van der Waals surface area contributed by atoms with Crippen molar-refractivity contribution in [2.75, 3.05) is 11.9 Å². The Morgan fingerprint density at radius 2 is 1.57 bits per heavy atom. The van der Waals surface area contributed by atoms with Crippen molar-refractivity contribution in [1.82, 2.24) is 0 Å². The summed E-state index contributed by atoms with van der Waals surface area (Å²) in [6.07, 6.45) is 0. The quantitative estimate of drug-likeness (QED) is 0.377. The van der Waals surface area contributed by atoms with Crippen molar-refractivity contribution in [2.24, 2.45) is 0 Å². The molecule has 0 saturated heterocycles. The smallest absolute Gasteiger partial charge is 0.349 e. The number of benzene rings is 3. The molecule has 0 spiro atoms. The molecule has 1 N–H and O–H groups in total. The average molecular weight is 468 g/mol. The molecule has 3 aromatic carbocycles. The average Bonchev–Trinajstić information content (AvgIpc) is 2.70. The predicted molar refractivity (Wildman–Crippen MR) is 120 cm³/mol. The van der Waals surface area contributed by atoms with Crippen LogP contribution in [0.5, 0.6) is 11.5 Å². The van der Waals surface area contributed by atoms with E-state index in [1.165, 1.54) is 0 Å². The van der Waals surface area contributed by atoms with Gasteiger partial charge in [0.05, 0.1) is 4.47 Å². The summed E-state index contributed by atoms with van der Waals surface area (Å²) in [7, 11) is 0. The molecule has 0 aliphatic heterocycles. The number of nitrogens with one attached hydrogen (secondary N) is 1. The van der Waals surface area contributed by atoms with Gasteiger partial charge in [0.25, 0.3) is 5.91 Å². The first-order valence-electron chi connectivity index (χ1n) is 9.40. The number of carbonyl (C=O) groups is 2. The summed E-state index contributed by atoms with van der Waals surface area (Å²) in [6.45, 7) is 5.69. The van der Waals surface area contributed by atoms with Crippen LogP contribution in [0.25, 0.3) is 0 Å². The maximum atomic E-state index is 12.5. The van der Waals surface area contributed by atoms with Crippen LogP contribution in [0.2, 0.25) is 0 Å². The largest absolute Gasteiger partial charge is 0.481 e. The standard InChI is InChI=1S/C24H22BrNO4/c1-15-4-10-21(17(3)12-15)26-24(28)18-6-8-19(9-7-18)30-23(27)14-29-22-11-5-16(2)13-20(22)25/h4-13H,14H2,1-3H3,(H,26,28). The molecule has 30 heavy (non-hydrogen) atoms. The van der Waals surface area contributed by atoms with Crippen molar-refractivity contribution in [3.8, 4) is 11.5 Å². The Labute approximate surface area is 184 Å². The summed E-state index contributed by atoms with van der Waals surface area (Å²) in [5, 5.41) is 2.89. The van der Waals surface area contributed by atoms with Gasteiger partial charge in [-0.05, 0) is 90.3 Å². The monoisotopic (exact) mass is 467 g/mol. The van der Waals surface area contributed by atoms with E-state index in [9.17, 15) is 9.59 Å². The zero-order valence-electron chi connectivity index (χ0n) is 17.0. The molecule has 0 bridgehead atoms. The third kappa shape index (κ3) is 5.70. The first kappa shape index (κ1) is 21.6. The minimum Gasteiger partial charge on any atom is -0.481 e. The van der Waals surface area contributed by atoms with Crippen LogP contribution in [-0.4, -0.2) is 18.5 Å². The summed E-state index contributed by atoms with van der Waals surface area (Å²) >= 11 is 3.40. The van der Waals surface area contributed by atoms with Crippen molar-refractivity contribution in [3.63, 3.8) is 0 Å². The Kier molecular flexibility index (Phi) is 6.90. The zero-order chi connectivity index (χ0) is 21.7. The number of aryl methyl sites for hydroxylation is 3. The number of carbonyl (C=O) groups excluding carboxylic acids is 2. The lowest BCUT2D eigenvalue weighted by Crippen LogP contribution is -2.18. The number of hydrogen-bond acceptors (Lipinski definition) is 4. The van der Waals surface area contributed by atoms with Crippen LogP contribution in [0.4, 0.5) is 5.69 Å². The van der Waals surface area contributed by atoms with E-state index >= 15 is 0 Å². The van der Waals surface area contributed by atoms with Gasteiger partial charge in [-0.3, -0.25) is 4.79 Å². The molecule has 0 aliphatic rings. The van der Waals surface area contributed by atoms with E-state index in [0.29, 0.717) is 17.1 Å². The third-order valence-electron chi connectivity index (χ3n) is 4.41. The van der Waals surface area contributed by atoms with E-state index in [0.717, 1.165) is 26.9 Å². The predicted octanol–water partition coefficient (Wildman–Crippen LogP) is 5.61. The number of rotatable bonds is 6. The van der Waals surface area contributed by atoms with Crippen molar-refractivity contribution < 1.29 is 19.1 Å². The summed E-state index contributed by atoms with van der Waals surface area (Å²) in [5.41, 5.74) is 4.44. The van der Waals surface area contributed by atoms with Gasteiger partial charge in [0, 0.05) is 11.3 Å². The van der Waals surface area contributed by atoms with E-state index in [1.54, 1.807) is 30.3 Å². The van der Waals surface area contributed by atoms with Crippen LogP contribution < -0.4 is 14.8 Å². The molecule has 0 heterocycles. The van der Waals surface area contributed by atoms with Crippen molar-refractivity contribution in [2.45, 2.75) is 20.8 Å². The molecule has 0 aliphatic carbocycles. The molecule has 0 radical (unpaired) electrons. The molecule has 3 rings (SSSR count). The summed E-state index contributed by atoms with van der Waals surface area (Å²) in [6, 6.07) is 17.8. The topological polar surface area (TPSA) is 64.6 Å². The molecule has 0 aromatic heterocycles. The Morgan fingerprint density at radius 3 is 2.23 bits per heavy atom. The van der Waals surface area contributed by atoms with Crippen LogP contribution in [0, 0.1) is 20.8 Å². The lowest BCUT2D eigenvalue weighted by Gasteiger charge is -2.10. The van der Waals surface area contributed by atoms with Gasteiger partial charge >= 0.3 is 5.97 Å². The van der Waals surface area contributed by atoms with Crippen molar-refractivity contribution in [1.29, 1.82) is 0 Å². The van der Waals surface area contributed by atoms with Gasteiger partial charge in [-0.2, -0.15) is 0 Å². The van der Waals surface area contributed by atoms with Gasteiger partial charge in [-0.15, -0.1) is 0 Å². The summed E-state index contributed by atoms with van der Waals surface area (Å²) in [5.74, 6) is 0.146. The second-order valence-electron chi connectivity index (χ2n) is 6.99. The molecule has 1 amide bonds. The maximum absolute atomic E-state index is 12.5. The highest BCUT2D eigenvalue weighted by molar-refractivity contribution is 9.10. The van der Waals surface area contributed by atoms with Gasteiger partial charge in [0.1, 0.15) is 11.5 Å². The fourth-order valence-electron chi connectivity index (χ4n) is 2.84. The number of anilines is 1. The van der Waals surface area contributed by atoms with Gasteiger partial charge in [0.15, 0.2) is 6.61 Å². The molecule has 0 saturated carbocycles. The van der Waals surface area contributed by atoms with Gasteiger partial charge in [-0.1, -0.05) is 23.8 Å². The molecule has 3 aromatic rings. The Balaban J connectivity index is 1.55. The van der Waals surface area contributed by atoms with Crippen LogP contribution in [0.3, 0.4) is 0 Å². The number of hydrogen-bond donors (Lipinski definition) is 1. The van der Waals surface area contributed by atoms with Crippen LogP contribution in [-0.2, 0) is 4.79 Å². The van der Waals surface area contributed by atoms with E-state index in [-0.39, 0.29) is 12.5 Å². The van der Waals surface area contributed by atoms with Crippen LogP contribution >= 0.6 is 15.9 Å². The highest BCUT2D eigenvalue weighted by Gasteiger charge is 2.11. The molecular weight excluding hydrogens is 446 g/mol. The molecule has 5 nitrogen and oxygen atoms in total. The number of ether oxygens (including phenoxy) is 2. The molecule has 6 heteroatoms. The maximum Gasteiger partial charge on any atom is 0.349 e. The SMILES string of the molecule is Cc1ccc(NC(=O)c2ccc(OC(=O)COc3ccc(C)cc3Br)cc2)c(C)c1. The van der Waals surface area contributed by atoms with Crippen LogP contribution in [0.15, 0.2) is 65.1 Å². The Hall–Kier alpha value is -3.12. The Morgan fingerprint density at radius 1 is 0.900 bits per heavy atom. The number of halogens is 1. The molecule has 0 fully saturated rings. The minimum absolute atomic E-state index is 0.226. The first-order valence-corrected chi connectivity index (χ1v) is 10.2. The van der Waals surface area contributed by atoms with E-state index < -0.39 is 5.97 Å². The Bertz CT molecular complexity index is 1080. The molecular formula is C24H22BrNO4. The zero-order valence-corrected chi connectivity index (χ0v) is 18.6. The highest BCUT2D eigenvalue weighted by atomic mass is 79.9. The molecule has 0 unspecified atom stereocenters. The minimum atomic E-state index is -0.532. The molecule has 154 valence electrons. The lowest BCUT2D eigenvalue weighted by molar-refractivity contribution is -0.136. The van der Waals surface area contributed by atoms with E-state index in [1.807, 2.05) is 51.1 Å². The molecule has 0 atom stereocenters.